The van der Waals surface area contributed by atoms with E-state index in [4.69, 9.17) is 37.9 Å². The van der Waals surface area contributed by atoms with Gasteiger partial charge in [0.1, 0.15) is 12.2 Å². The smallest absolute Gasteiger partial charge is 0.339 e. The quantitative estimate of drug-likeness (QED) is 0.205. The van der Waals surface area contributed by atoms with E-state index in [9.17, 15) is 33.6 Å². The van der Waals surface area contributed by atoms with Crippen molar-refractivity contribution in [2.24, 2.45) is 46.3 Å². The molecule has 56 heavy (non-hydrogen) atoms. The lowest BCUT2D eigenvalue weighted by molar-refractivity contribution is -0.294. The summed E-state index contributed by atoms with van der Waals surface area (Å²) in [5.41, 5.74) is 0.00208. The predicted octanol–water partition coefficient (Wildman–Crippen LogP) is 4.77. The summed E-state index contributed by atoms with van der Waals surface area (Å²) in [6.07, 6.45) is -0.636. The first-order chi connectivity index (χ1) is 26.3. The Morgan fingerprint density at radius 1 is 0.661 bits per heavy atom. The van der Waals surface area contributed by atoms with E-state index < -0.39 is 60.6 Å². The lowest BCUT2D eigenvalue weighted by Gasteiger charge is -2.62. The average molecular weight is 793 g/mol. The van der Waals surface area contributed by atoms with Gasteiger partial charge in [-0.15, -0.1) is 0 Å². The molecule has 314 valence electrons. The fourth-order valence-corrected chi connectivity index (χ4v) is 11.7. The molecule has 5 aliphatic rings. The number of hydrogen-bond acceptors (Lipinski definition) is 15. The molecule has 0 aromatic rings. The molecule has 5 fully saturated rings. The van der Waals surface area contributed by atoms with Crippen molar-refractivity contribution < 1.29 is 71.5 Å². The van der Waals surface area contributed by atoms with E-state index in [1.165, 1.54) is 13.8 Å². The van der Waals surface area contributed by atoms with Gasteiger partial charge >= 0.3 is 41.8 Å². The monoisotopic (exact) mass is 792 g/mol. The van der Waals surface area contributed by atoms with Gasteiger partial charge in [0.15, 0.2) is 18.3 Å². The topological polar surface area (TPSA) is 193 Å². The molecule has 0 unspecified atom stereocenters. The number of methoxy groups -OCH3 is 1. The maximum absolute atomic E-state index is 13.5. The zero-order chi connectivity index (χ0) is 41.3. The van der Waals surface area contributed by atoms with Crippen molar-refractivity contribution in [3.63, 3.8) is 0 Å². The van der Waals surface area contributed by atoms with E-state index in [-0.39, 0.29) is 65.1 Å². The maximum atomic E-state index is 13.5. The SMILES string of the molecule is COC(=O)[C@H]1O[C@@H](OC(=O)CC[C@@H](C)[C@H]2CC[C@H]3[C@@H]4[C@@H](OC(C)=O)C[C@@H]5C[C@H](OC(C)=O)CC[C@]5(C)[C@H]4CC[C@]23C)[C@H](OC(C)=O)[C@@H](OC(C)=O)[C@@H]1OC(C)=O. The standard InChI is InChI=1S/C41H60O15/c1-20(10-13-32(47)55-39-37(54-25(6)46)35(53-24(5)45)34(52-23(4)44)36(56-39)38(48)49-9)28-11-12-29-33-30(15-17-41(28,29)8)40(7)16-14-27(50-21(2)42)18-26(40)19-31(33)51-22(3)43/h20,26-31,33-37,39H,10-19H2,1-9H3/t20-,26+,27-,28-,29+,30+,31+,33+,34+,35+,36+,37-,39-,40+,41-/m1/s1. The summed E-state index contributed by atoms with van der Waals surface area (Å²) in [6, 6.07) is 0. The van der Waals surface area contributed by atoms with Gasteiger partial charge in [-0.25, -0.2) is 4.79 Å². The summed E-state index contributed by atoms with van der Waals surface area (Å²) in [6.45, 7) is 13.1. The first-order valence-corrected chi connectivity index (χ1v) is 20.1. The molecule has 0 amide bonds. The van der Waals surface area contributed by atoms with Crippen molar-refractivity contribution in [1.29, 1.82) is 0 Å². The van der Waals surface area contributed by atoms with E-state index in [0.29, 0.717) is 18.3 Å². The molecule has 4 saturated carbocycles. The molecule has 1 saturated heterocycles. The summed E-state index contributed by atoms with van der Waals surface area (Å²) < 4.78 is 44.2. The van der Waals surface area contributed by atoms with Crippen molar-refractivity contribution in [3.05, 3.63) is 0 Å². The molecule has 1 aliphatic heterocycles. The van der Waals surface area contributed by atoms with Crippen LogP contribution in [0.3, 0.4) is 0 Å². The van der Waals surface area contributed by atoms with Crippen LogP contribution in [0.2, 0.25) is 0 Å². The first-order valence-electron chi connectivity index (χ1n) is 20.1. The van der Waals surface area contributed by atoms with Crippen LogP contribution in [0.5, 0.6) is 0 Å². The number of rotatable bonds is 11. The average Bonchev–Trinajstić information content (AvgIpc) is 3.46. The number of esters is 7. The van der Waals surface area contributed by atoms with Crippen LogP contribution >= 0.6 is 0 Å². The third kappa shape index (κ3) is 9.02. The second kappa shape index (κ2) is 17.4. The minimum absolute atomic E-state index is 0.0229. The molecule has 5 rings (SSSR count). The van der Waals surface area contributed by atoms with Crippen molar-refractivity contribution >= 4 is 41.8 Å². The summed E-state index contributed by atoms with van der Waals surface area (Å²) >= 11 is 0. The molecule has 15 heteroatoms. The molecule has 0 radical (unpaired) electrons. The van der Waals surface area contributed by atoms with Crippen molar-refractivity contribution in [2.75, 3.05) is 7.11 Å². The van der Waals surface area contributed by atoms with E-state index >= 15 is 0 Å². The van der Waals surface area contributed by atoms with Crippen LogP contribution < -0.4 is 0 Å². The second-order valence-corrected chi connectivity index (χ2v) is 17.3. The molecular formula is C41H60O15. The molecule has 0 N–H and O–H groups in total. The van der Waals surface area contributed by atoms with Gasteiger partial charge in [-0.05, 0) is 98.2 Å². The number of hydrogen-bond donors (Lipinski definition) is 0. The van der Waals surface area contributed by atoms with Crippen molar-refractivity contribution in [1.82, 2.24) is 0 Å². The lowest BCUT2D eigenvalue weighted by Crippen LogP contribution is -2.64. The highest BCUT2D eigenvalue weighted by Gasteiger charge is 2.64. The molecule has 1 heterocycles. The Morgan fingerprint density at radius 2 is 1.23 bits per heavy atom. The van der Waals surface area contributed by atoms with Gasteiger partial charge in [0, 0.05) is 47.0 Å². The van der Waals surface area contributed by atoms with Crippen LogP contribution in [0.4, 0.5) is 0 Å². The summed E-state index contributed by atoms with van der Waals surface area (Å²) in [4.78, 5) is 86.9. The molecule has 0 aromatic carbocycles. The summed E-state index contributed by atoms with van der Waals surface area (Å²) in [7, 11) is 1.08. The fraction of sp³-hybridized carbons (Fsp3) is 0.829. The van der Waals surface area contributed by atoms with E-state index in [0.717, 1.165) is 79.2 Å². The van der Waals surface area contributed by atoms with Crippen LogP contribution in [0.15, 0.2) is 0 Å². The van der Waals surface area contributed by atoms with Crippen LogP contribution in [-0.2, 0) is 71.5 Å². The number of ether oxygens (including phenoxy) is 8. The Bertz CT molecular complexity index is 1530. The predicted molar refractivity (Wildman–Crippen MR) is 194 cm³/mol. The number of carbonyl (C=O) groups is 7. The molecule has 0 spiro atoms. The Morgan fingerprint density at radius 3 is 1.84 bits per heavy atom. The highest BCUT2D eigenvalue weighted by molar-refractivity contribution is 5.77. The summed E-state index contributed by atoms with van der Waals surface area (Å²) in [5, 5.41) is 0. The normalized spacial score (nSPS) is 39.2. The third-order valence-electron chi connectivity index (χ3n) is 13.9. The lowest BCUT2D eigenvalue weighted by atomic mass is 9.43. The fourth-order valence-electron chi connectivity index (χ4n) is 11.7. The Balaban J connectivity index is 1.29. The summed E-state index contributed by atoms with van der Waals surface area (Å²) in [5.74, 6) is -3.14. The van der Waals surface area contributed by atoms with Gasteiger partial charge < -0.3 is 37.9 Å². The van der Waals surface area contributed by atoms with Crippen LogP contribution in [-0.4, -0.2) is 91.8 Å². The minimum Gasteiger partial charge on any atom is -0.467 e. The zero-order valence-corrected chi connectivity index (χ0v) is 34.2. The van der Waals surface area contributed by atoms with Crippen LogP contribution in [0.1, 0.15) is 120 Å². The highest BCUT2D eigenvalue weighted by Crippen LogP contribution is 2.69. The van der Waals surface area contributed by atoms with Crippen LogP contribution in [0.25, 0.3) is 0 Å². The number of fused-ring (bicyclic) bond motifs is 5. The van der Waals surface area contributed by atoms with Crippen molar-refractivity contribution in [2.45, 2.75) is 163 Å². The Hall–Kier alpha value is -3.75. The molecule has 15 nitrogen and oxygen atoms in total. The van der Waals surface area contributed by atoms with Crippen molar-refractivity contribution in [3.8, 4) is 0 Å². The van der Waals surface area contributed by atoms with E-state index in [1.807, 2.05) is 0 Å². The first kappa shape index (κ1) is 43.4. The number of carbonyl (C=O) groups excluding carboxylic acids is 7. The Labute approximate surface area is 328 Å². The second-order valence-electron chi connectivity index (χ2n) is 17.3. The van der Waals surface area contributed by atoms with Gasteiger partial charge in [0.25, 0.3) is 0 Å². The molecule has 4 aliphatic carbocycles. The van der Waals surface area contributed by atoms with Gasteiger partial charge in [-0.3, -0.25) is 28.8 Å². The van der Waals surface area contributed by atoms with E-state index in [2.05, 4.69) is 20.8 Å². The minimum atomic E-state index is -1.69. The van der Waals surface area contributed by atoms with Gasteiger partial charge in [-0.1, -0.05) is 20.8 Å². The molecular weight excluding hydrogens is 732 g/mol. The van der Waals surface area contributed by atoms with E-state index in [1.54, 1.807) is 0 Å². The van der Waals surface area contributed by atoms with Gasteiger partial charge in [0.05, 0.1) is 7.11 Å². The largest absolute Gasteiger partial charge is 0.467 e. The third-order valence-corrected chi connectivity index (χ3v) is 13.9. The zero-order valence-electron chi connectivity index (χ0n) is 34.2. The molecule has 15 atom stereocenters. The van der Waals surface area contributed by atoms with Gasteiger partial charge in [-0.2, -0.15) is 0 Å². The Kier molecular flexibility index (Phi) is 13.5. The molecule has 0 bridgehead atoms. The van der Waals surface area contributed by atoms with Gasteiger partial charge in [0.2, 0.25) is 12.4 Å². The highest BCUT2D eigenvalue weighted by atomic mass is 16.7. The van der Waals surface area contributed by atoms with Crippen LogP contribution in [0, 0.1) is 46.3 Å². The maximum Gasteiger partial charge on any atom is 0.339 e. The molecule has 0 aromatic heterocycles.